The van der Waals surface area contributed by atoms with Crippen LogP contribution < -0.4 is 5.73 Å². The van der Waals surface area contributed by atoms with Crippen LogP contribution in [0.5, 0.6) is 0 Å². The van der Waals surface area contributed by atoms with Gasteiger partial charge in [0.15, 0.2) is 0 Å². The fourth-order valence-corrected chi connectivity index (χ4v) is 3.16. The van der Waals surface area contributed by atoms with E-state index < -0.39 is 0 Å². The molecule has 0 aromatic carbocycles. The van der Waals surface area contributed by atoms with Gasteiger partial charge < -0.3 is 10.6 Å². The highest BCUT2D eigenvalue weighted by atomic mass is 15.2. The van der Waals surface area contributed by atoms with Crippen molar-refractivity contribution >= 4 is 0 Å². The predicted molar refractivity (Wildman–Crippen MR) is 58.0 cm³/mol. The van der Waals surface area contributed by atoms with Crippen molar-refractivity contribution in [3.63, 3.8) is 0 Å². The van der Waals surface area contributed by atoms with Gasteiger partial charge in [0, 0.05) is 18.6 Å². The Morgan fingerprint density at radius 2 is 2.07 bits per heavy atom. The van der Waals surface area contributed by atoms with Crippen LogP contribution >= 0.6 is 0 Å². The molecule has 3 atom stereocenters. The summed E-state index contributed by atoms with van der Waals surface area (Å²) in [6.07, 6.45) is 5.67. The first-order valence-electron chi connectivity index (χ1n) is 6.16. The second-order valence-electron chi connectivity index (χ2n) is 6.06. The molecule has 1 heterocycles. The number of nitrogens with zero attached hydrogens (tertiary/aromatic N) is 1. The number of hydrogen-bond acceptors (Lipinski definition) is 2. The van der Waals surface area contributed by atoms with Gasteiger partial charge in [-0.15, -0.1) is 0 Å². The van der Waals surface area contributed by atoms with Crippen LogP contribution in [0.3, 0.4) is 0 Å². The van der Waals surface area contributed by atoms with Crippen LogP contribution in [0.1, 0.15) is 32.6 Å². The second-order valence-corrected chi connectivity index (χ2v) is 6.06. The molecule has 2 N–H and O–H groups in total. The molecule has 1 saturated heterocycles. The van der Waals surface area contributed by atoms with E-state index in [0.717, 1.165) is 24.3 Å². The number of hydrogen-bond donors (Lipinski definition) is 1. The molecule has 2 heteroatoms. The number of fused-ring (bicyclic) bond motifs is 1. The van der Waals surface area contributed by atoms with Crippen molar-refractivity contribution in [3.05, 3.63) is 0 Å². The Hall–Kier alpha value is -0.0800. The fraction of sp³-hybridized carbons (Fsp3) is 1.00. The van der Waals surface area contributed by atoms with Crippen LogP contribution in [0.15, 0.2) is 0 Å². The van der Waals surface area contributed by atoms with Gasteiger partial charge in [-0.1, -0.05) is 0 Å². The highest BCUT2D eigenvalue weighted by Gasteiger charge is 2.44. The molecule has 2 saturated carbocycles. The van der Waals surface area contributed by atoms with Gasteiger partial charge in [-0.25, -0.2) is 0 Å². The lowest BCUT2D eigenvalue weighted by molar-refractivity contribution is 0.167. The maximum Gasteiger partial charge on any atom is 0.0283 e. The summed E-state index contributed by atoms with van der Waals surface area (Å²) in [6.45, 7) is 6.04. The average Bonchev–Trinajstić information content (AvgIpc) is 2.99. The molecule has 3 unspecified atom stereocenters. The number of likely N-dealkylation sites (tertiary alicyclic amines) is 1. The molecule has 0 amide bonds. The second kappa shape index (κ2) is 2.96. The molecule has 0 spiro atoms. The highest BCUT2D eigenvalue weighted by Crippen LogP contribution is 2.46. The Kier molecular flexibility index (Phi) is 1.94. The highest BCUT2D eigenvalue weighted by molar-refractivity contribution is 5.00. The molecule has 3 rings (SSSR count). The van der Waals surface area contributed by atoms with Gasteiger partial charge in [0.25, 0.3) is 0 Å². The van der Waals surface area contributed by atoms with Crippen LogP contribution in [0, 0.1) is 17.8 Å². The molecule has 3 aliphatic rings. The van der Waals surface area contributed by atoms with E-state index in [9.17, 15) is 0 Å². The van der Waals surface area contributed by atoms with Gasteiger partial charge in [0.1, 0.15) is 0 Å². The SMILES string of the molecule is CC(N)(CN1CCC2CC2C1)C1CC1. The van der Waals surface area contributed by atoms with Crippen molar-refractivity contribution in [1.82, 2.24) is 4.90 Å². The van der Waals surface area contributed by atoms with Crippen molar-refractivity contribution in [2.45, 2.75) is 38.1 Å². The Morgan fingerprint density at radius 1 is 1.29 bits per heavy atom. The van der Waals surface area contributed by atoms with Crippen LogP contribution in [0.4, 0.5) is 0 Å². The minimum absolute atomic E-state index is 0.0989. The summed E-state index contributed by atoms with van der Waals surface area (Å²) in [6, 6.07) is 0. The molecular formula is C12H22N2. The Labute approximate surface area is 86.8 Å². The lowest BCUT2D eigenvalue weighted by Crippen LogP contribution is -2.51. The van der Waals surface area contributed by atoms with Gasteiger partial charge in [-0.2, -0.15) is 0 Å². The first-order valence-corrected chi connectivity index (χ1v) is 6.16. The zero-order chi connectivity index (χ0) is 9.76. The molecule has 14 heavy (non-hydrogen) atoms. The van der Waals surface area contributed by atoms with Crippen LogP contribution in [0.25, 0.3) is 0 Å². The van der Waals surface area contributed by atoms with Gasteiger partial charge in [0.2, 0.25) is 0 Å². The summed E-state index contributed by atoms with van der Waals surface area (Å²) in [5.41, 5.74) is 6.47. The Bertz CT molecular complexity index is 232. The average molecular weight is 194 g/mol. The van der Waals surface area contributed by atoms with Crippen molar-refractivity contribution in [1.29, 1.82) is 0 Å². The molecule has 0 aromatic heterocycles. The molecule has 0 bridgehead atoms. The minimum atomic E-state index is 0.0989. The molecule has 0 radical (unpaired) electrons. The third kappa shape index (κ3) is 1.70. The predicted octanol–water partition coefficient (Wildman–Crippen LogP) is 1.46. The summed E-state index contributed by atoms with van der Waals surface area (Å²) in [5.74, 6) is 2.95. The van der Waals surface area contributed by atoms with Crippen LogP contribution in [0.2, 0.25) is 0 Å². The third-order valence-corrected chi connectivity index (χ3v) is 4.45. The number of piperidine rings is 1. The number of rotatable bonds is 3. The monoisotopic (exact) mass is 194 g/mol. The zero-order valence-corrected chi connectivity index (χ0v) is 9.21. The van der Waals surface area contributed by atoms with Crippen molar-refractivity contribution in [3.8, 4) is 0 Å². The maximum absolute atomic E-state index is 6.37. The van der Waals surface area contributed by atoms with Crippen molar-refractivity contribution in [2.24, 2.45) is 23.5 Å². The van der Waals surface area contributed by atoms with Gasteiger partial charge in [-0.3, -0.25) is 0 Å². The summed E-state index contributed by atoms with van der Waals surface area (Å²) < 4.78 is 0. The van der Waals surface area contributed by atoms with E-state index >= 15 is 0 Å². The van der Waals surface area contributed by atoms with E-state index in [1.807, 2.05) is 0 Å². The van der Waals surface area contributed by atoms with Gasteiger partial charge in [-0.05, 0) is 56.9 Å². The van der Waals surface area contributed by atoms with E-state index in [-0.39, 0.29) is 5.54 Å². The van der Waals surface area contributed by atoms with Crippen LogP contribution in [-0.2, 0) is 0 Å². The van der Waals surface area contributed by atoms with E-state index in [4.69, 9.17) is 5.73 Å². The fourth-order valence-electron chi connectivity index (χ4n) is 3.16. The number of nitrogens with two attached hydrogens (primary N) is 1. The van der Waals surface area contributed by atoms with Gasteiger partial charge >= 0.3 is 0 Å². The normalized spacial score (nSPS) is 41.6. The maximum atomic E-state index is 6.37. The van der Waals surface area contributed by atoms with E-state index in [0.29, 0.717) is 0 Å². The van der Waals surface area contributed by atoms with E-state index in [1.165, 1.54) is 38.8 Å². The topological polar surface area (TPSA) is 29.3 Å². The molecule has 1 aliphatic heterocycles. The first kappa shape index (κ1) is 9.17. The molecule has 80 valence electrons. The van der Waals surface area contributed by atoms with E-state index in [2.05, 4.69) is 11.8 Å². The van der Waals surface area contributed by atoms with Crippen LogP contribution in [-0.4, -0.2) is 30.1 Å². The van der Waals surface area contributed by atoms with Gasteiger partial charge in [0.05, 0.1) is 0 Å². The Morgan fingerprint density at radius 3 is 2.71 bits per heavy atom. The van der Waals surface area contributed by atoms with Crippen molar-refractivity contribution < 1.29 is 0 Å². The smallest absolute Gasteiger partial charge is 0.0283 e. The molecule has 3 fully saturated rings. The summed E-state index contributed by atoms with van der Waals surface area (Å²) in [4.78, 5) is 2.62. The molecule has 0 aromatic rings. The standard InChI is InChI=1S/C12H22N2/c1-12(13,11-2-3-11)8-14-5-4-9-6-10(9)7-14/h9-11H,2-8,13H2,1H3. The lowest BCUT2D eigenvalue weighted by atomic mass is 9.95. The molecule has 2 nitrogen and oxygen atoms in total. The van der Waals surface area contributed by atoms with E-state index in [1.54, 1.807) is 0 Å². The lowest BCUT2D eigenvalue weighted by Gasteiger charge is -2.34. The zero-order valence-electron chi connectivity index (χ0n) is 9.21. The first-order chi connectivity index (χ1) is 6.65. The largest absolute Gasteiger partial charge is 0.324 e. The summed E-state index contributed by atoms with van der Waals surface area (Å²) in [7, 11) is 0. The summed E-state index contributed by atoms with van der Waals surface area (Å²) in [5, 5.41) is 0. The summed E-state index contributed by atoms with van der Waals surface area (Å²) >= 11 is 0. The minimum Gasteiger partial charge on any atom is -0.324 e. The molecular weight excluding hydrogens is 172 g/mol. The van der Waals surface area contributed by atoms with Crippen molar-refractivity contribution in [2.75, 3.05) is 19.6 Å². The third-order valence-electron chi connectivity index (χ3n) is 4.45. The molecule has 2 aliphatic carbocycles. The quantitative estimate of drug-likeness (QED) is 0.737. The Balaban J connectivity index is 1.55.